The van der Waals surface area contributed by atoms with Crippen LogP contribution in [0.5, 0.6) is 5.75 Å². The molecule has 0 heterocycles. The molecule has 3 N–H and O–H groups in total. The molecule has 1 rings (SSSR count). The molecule has 0 spiro atoms. The van der Waals surface area contributed by atoms with E-state index in [1.54, 1.807) is 13.2 Å². The van der Waals surface area contributed by atoms with E-state index in [4.69, 9.17) is 15.2 Å². The van der Waals surface area contributed by atoms with Gasteiger partial charge in [0.05, 0.1) is 31.1 Å². The summed E-state index contributed by atoms with van der Waals surface area (Å²) in [4.78, 5) is 0. The first-order valence-electron chi connectivity index (χ1n) is 5.88. The lowest BCUT2D eigenvalue weighted by Gasteiger charge is -2.24. The number of hydrogen-bond acceptors (Lipinski definition) is 4. The van der Waals surface area contributed by atoms with Crippen molar-refractivity contribution in [2.24, 2.45) is 5.92 Å². The van der Waals surface area contributed by atoms with Crippen LogP contribution in [0, 0.1) is 11.7 Å². The van der Waals surface area contributed by atoms with E-state index in [2.05, 4.69) is 19.2 Å². The highest BCUT2D eigenvalue weighted by molar-refractivity contribution is 5.69. The number of anilines is 2. The van der Waals surface area contributed by atoms with Gasteiger partial charge in [-0.3, -0.25) is 0 Å². The molecule has 1 unspecified atom stereocenters. The van der Waals surface area contributed by atoms with Crippen LogP contribution in [0.15, 0.2) is 12.1 Å². The van der Waals surface area contributed by atoms with Crippen LogP contribution in [-0.4, -0.2) is 26.9 Å². The molecule has 18 heavy (non-hydrogen) atoms. The van der Waals surface area contributed by atoms with Gasteiger partial charge in [-0.15, -0.1) is 0 Å². The van der Waals surface area contributed by atoms with Crippen molar-refractivity contribution < 1.29 is 13.9 Å². The highest BCUT2D eigenvalue weighted by Crippen LogP contribution is 2.29. The molecule has 0 amide bonds. The lowest BCUT2D eigenvalue weighted by Crippen LogP contribution is -2.30. The van der Waals surface area contributed by atoms with Crippen LogP contribution in [0.2, 0.25) is 0 Å². The van der Waals surface area contributed by atoms with Gasteiger partial charge in [-0.1, -0.05) is 13.8 Å². The molecule has 4 nitrogen and oxygen atoms in total. The number of nitrogens with one attached hydrogen (secondary N) is 1. The molecule has 0 aliphatic rings. The van der Waals surface area contributed by atoms with E-state index in [0.29, 0.717) is 23.9 Å². The maximum atomic E-state index is 13.4. The summed E-state index contributed by atoms with van der Waals surface area (Å²) in [6.07, 6.45) is 0. The second kappa shape index (κ2) is 6.44. The predicted molar refractivity (Wildman–Crippen MR) is 71.5 cm³/mol. The Balaban J connectivity index is 2.94. The normalized spacial score (nSPS) is 12.6. The summed E-state index contributed by atoms with van der Waals surface area (Å²) >= 11 is 0. The third kappa shape index (κ3) is 3.50. The van der Waals surface area contributed by atoms with E-state index in [-0.39, 0.29) is 11.8 Å². The van der Waals surface area contributed by atoms with Crippen LogP contribution < -0.4 is 15.8 Å². The minimum atomic E-state index is -0.464. The van der Waals surface area contributed by atoms with E-state index in [9.17, 15) is 4.39 Å². The molecular weight excluding hydrogens is 235 g/mol. The lowest BCUT2D eigenvalue weighted by molar-refractivity contribution is 0.171. The van der Waals surface area contributed by atoms with Crippen LogP contribution in [0.25, 0.3) is 0 Å². The largest absolute Gasteiger partial charge is 0.494 e. The fourth-order valence-electron chi connectivity index (χ4n) is 1.63. The zero-order chi connectivity index (χ0) is 13.7. The quantitative estimate of drug-likeness (QED) is 0.768. The van der Waals surface area contributed by atoms with Gasteiger partial charge in [0.1, 0.15) is 0 Å². The summed E-state index contributed by atoms with van der Waals surface area (Å²) in [6.45, 7) is 4.71. The summed E-state index contributed by atoms with van der Waals surface area (Å²) in [7, 11) is 3.07. The summed E-state index contributed by atoms with van der Waals surface area (Å²) in [5.41, 5.74) is 6.80. The van der Waals surface area contributed by atoms with Crippen molar-refractivity contribution in [2.75, 3.05) is 31.9 Å². The highest BCUT2D eigenvalue weighted by atomic mass is 19.1. The molecule has 0 aromatic heterocycles. The predicted octanol–water partition coefficient (Wildman–Crippen LogP) is 2.50. The fraction of sp³-hybridized carbons (Fsp3) is 0.538. The first-order chi connectivity index (χ1) is 8.49. The van der Waals surface area contributed by atoms with E-state index in [0.717, 1.165) is 0 Å². The van der Waals surface area contributed by atoms with Crippen LogP contribution in [-0.2, 0) is 4.74 Å². The Morgan fingerprint density at radius 1 is 1.33 bits per heavy atom. The Kier molecular flexibility index (Phi) is 5.22. The minimum absolute atomic E-state index is 0.104. The Morgan fingerprint density at radius 3 is 2.50 bits per heavy atom. The minimum Gasteiger partial charge on any atom is -0.494 e. The summed E-state index contributed by atoms with van der Waals surface area (Å²) < 4.78 is 23.5. The zero-order valence-electron chi connectivity index (χ0n) is 11.3. The van der Waals surface area contributed by atoms with Crippen LogP contribution in [0.3, 0.4) is 0 Å². The topological polar surface area (TPSA) is 56.5 Å². The fourth-order valence-corrected chi connectivity index (χ4v) is 1.63. The molecule has 0 bridgehead atoms. The molecule has 0 aliphatic heterocycles. The number of methoxy groups -OCH3 is 2. The van der Waals surface area contributed by atoms with Crippen LogP contribution in [0.1, 0.15) is 13.8 Å². The van der Waals surface area contributed by atoms with Crippen molar-refractivity contribution in [3.63, 3.8) is 0 Å². The zero-order valence-corrected chi connectivity index (χ0v) is 11.3. The molecule has 1 aromatic rings. The maximum absolute atomic E-state index is 13.4. The standard InChI is InChI=1S/C13H21FN2O2/c1-8(2)12(7-17-3)16-11-6-13(18-4)9(14)5-10(11)15/h5-6,8,12,16H,7,15H2,1-4H3. The molecule has 0 radical (unpaired) electrons. The van der Waals surface area contributed by atoms with Gasteiger partial charge in [0.15, 0.2) is 11.6 Å². The van der Waals surface area contributed by atoms with E-state index >= 15 is 0 Å². The van der Waals surface area contributed by atoms with Gasteiger partial charge in [0.2, 0.25) is 0 Å². The van der Waals surface area contributed by atoms with Crippen molar-refractivity contribution >= 4 is 11.4 Å². The van der Waals surface area contributed by atoms with Crippen molar-refractivity contribution in [1.82, 2.24) is 0 Å². The number of ether oxygens (including phenoxy) is 2. The molecule has 5 heteroatoms. The number of rotatable bonds is 6. The monoisotopic (exact) mass is 256 g/mol. The van der Waals surface area contributed by atoms with Gasteiger partial charge in [-0.05, 0) is 5.92 Å². The van der Waals surface area contributed by atoms with E-state index < -0.39 is 5.82 Å². The second-order valence-electron chi connectivity index (χ2n) is 4.52. The summed E-state index contributed by atoms with van der Waals surface area (Å²) in [5.74, 6) is 0.0698. The molecule has 0 aliphatic carbocycles. The maximum Gasteiger partial charge on any atom is 0.167 e. The second-order valence-corrected chi connectivity index (χ2v) is 4.52. The van der Waals surface area contributed by atoms with Crippen LogP contribution >= 0.6 is 0 Å². The Morgan fingerprint density at radius 2 is 2.00 bits per heavy atom. The SMILES string of the molecule is COCC(Nc1cc(OC)c(F)cc1N)C(C)C. The van der Waals surface area contributed by atoms with Crippen molar-refractivity contribution in [1.29, 1.82) is 0 Å². The van der Waals surface area contributed by atoms with Gasteiger partial charge in [-0.25, -0.2) is 4.39 Å². The molecule has 0 fully saturated rings. The molecule has 102 valence electrons. The van der Waals surface area contributed by atoms with Crippen molar-refractivity contribution in [3.05, 3.63) is 17.9 Å². The Labute approximate surface area is 107 Å². The van der Waals surface area contributed by atoms with Crippen molar-refractivity contribution in [3.8, 4) is 5.75 Å². The molecule has 1 atom stereocenters. The van der Waals surface area contributed by atoms with Crippen molar-refractivity contribution in [2.45, 2.75) is 19.9 Å². The summed E-state index contributed by atoms with van der Waals surface area (Å²) in [5, 5.41) is 3.25. The average Bonchev–Trinajstić information content (AvgIpc) is 2.31. The third-order valence-electron chi connectivity index (χ3n) is 2.82. The number of hydrogen-bond donors (Lipinski definition) is 2. The molecule has 0 saturated carbocycles. The summed E-state index contributed by atoms with van der Waals surface area (Å²) in [6, 6.07) is 2.92. The van der Waals surface area contributed by atoms with E-state index in [1.807, 2.05) is 0 Å². The highest BCUT2D eigenvalue weighted by Gasteiger charge is 2.16. The Bertz CT molecular complexity index is 397. The third-order valence-corrected chi connectivity index (χ3v) is 2.82. The molecule has 0 saturated heterocycles. The first kappa shape index (κ1) is 14.6. The molecule has 1 aromatic carbocycles. The number of nitrogens with two attached hydrogens (primary N) is 1. The van der Waals surface area contributed by atoms with Crippen LogP contribution in [0.4, 0.5) is 15.8 Å². The van der Waals surface area contributed by atoms with E-state index in [1.165, 1.54) is 13.2 Å². The van der Waals surface area contributed by atoms with Gasteiger partial charge in [-0.2, -0.15) is 0 Å². The average molecular weight is 256 g/mol. The smallest absolute Gasteiger partial charge is 0.167 e. The number of benzene rings is 1. The Hall–Kier alpha value is -1.49. The molecular formula is C13H21FN2O2. The first-order valence-corrected chi connectivity index (χ1v) is 5.88. The van der Waals surface area contributed by atoms with Gasteiger partial charge < -0.3 is 20.5 Å². The van der Waals surface area contributed by atoms with Gasteiger partial charge in [0, 0.05) is 19.2 Å². The van der Waals surface area contributed by atoms with Gasteiger partial charge in [0.25, 0.3) is 0 Å². The van der Waals surface area contributed by atoms with Gasteiger partial charge >= 0.3 is 0 Å². The number of halogens is 1. The number of nitrogen functional groups attached to an aromatic ring is 1. The lowest BCUT2D eigenvalue weighted by atomic mass is 10.0.